The molecule has 0 fully saturated rings. The molecule has 0 unspecified atom stereocenters. The van der Waals surface area contributed by atoms with Gasteiger partial charge in [-0.1, -0.05) is 35.5 Å². The molecule has 0 radical (unpaired) electrons. The molecule has 0 amide bonds. The second-order valence-electron chi connectivity index (χ2n) is 6.38. The largest absolute Gasteiger partial charge is 0.396 e. The molecule has 29 heavy (non-hydrogen) atoms. The third-order valence-corrected chi connectivity index (χ3v) is 4.30. The number of anilines is 3. The molecule has 8 nitrogen and oxygen atoms in total. The summed E-state index contributed by atoms with van der Waals surface area (Å²) in [7, 11) is 0. The van der Waals surface area contributed by atoms with E-state index in [4.69, 9.17) is 10.6 Å². The van der Waals surface area contributed by atoms with Gasteiger partial charge in [0.2, 0.25) is 0 Å². The summed E-state index contributed by atoms with van der Waals surface area (Å²) in [5.41, 5.74) is 9.53. The van der Waals surface area contributed by atoms with Gasteiger partial charge in [0, 0.05) is 17.3 Å². The van der Waals surface area contributed by atoms with Crippen molar-refractivity contribution in [3.05, 3.63) is 72.2 Å². The van der Waals surface area contributed by atoms with Crippen LogP contribution in [0.2, 0.25) is 0 Å². The molecule has 0 spiro atoms. The van der Waals surface area contributed by atoms with E-state index < -0.39 is 0 Å². The summed E-state index contributed by atoms with van der Waals surface area (Å²) in [6.45, 7) is 3.05. The molecule has 0 atom stereocenters. The van der Waals surface area contributed by atoms with Gasteiger partial charge in [0.05, 0.1) is 23.8 Å². The summed E-state index contributed by atoms with van der Waals surface area (Å²) in [6.07, 6.45) is 4.95. The first-order valence-corrected chi connectivity index (χ1v) is 9.27. The number of hydrogen-bond acceptors (Lipinski definition) is 7. The third kappa shape index (κ3) is 4.32. The fourth-order valence-electron chi connectivity index (χ4n) is 2.94. The maximum absolute atomic E-state index is 5.97. The number of oxime groups is 1. The lowest BCUT2D eigenvalue weighted by Gasteiger charge is -2.09. The number of nitrogens with one attached hydrogen (secondary N) is 1. The summed E-state index contributed by atoms with van der Waals surface area (Å²) in [5.74, 6) is 0.875. The van der Waals surface area contributed by atoms with Crippen LogP contribution in [-0.4, -0.2) is 32.6 Å². The Bertz CT molecular complexity index is 1140. The second-order valence-corrected chi connectivity index (χ2v) is 6.38. The topological polar surface area (TPSA) is 103 Å². The van der Waals surface area contributed by atoms with Crippen LogP contribution in [0.1, 0.15) is 18.1 Å². The van der Waals surface area contributed by atoms with Crippen molar-refractivity contribution in [2.24, 2.45) is 5.16 Å². The Kier molecular flexibility index (Phi) is 5.33. The molecule has 0 aliphatic heterocycles. The standard InChI is InChI=1S/C21H21N7O/c1-2-29-25-11-18-20(22)23-14-24-21(18)26-17-8-9-19-16(10-17)13-28(27-19)12-15-6-4-3-5-7-15/h3-11,13-14H,2,12H2,1H3,(H3,22,23,24,26)/b25-11+. The van der Waals surface area contributed by atoms with E-state index in [-0.39, 0.29) is 0 Å². The summed E-state index contributed by atoms with van der Waals surface area (Å²) in [4.78, 5) is 13.3. The minimum Gasteiger partial charge on any atom is -0.396 e. The van der Waals surface area contributed by atoms with Gasteiger partial charge in [0.15, 0.2) is 0 Å². The number of nitrogens with two attached hydrogens (primary N) is 1. The van der Waals surface area contributed by atoms with Gasteiger partial charge >= 0.3 is 0 Å². The maximum Gasteiger partial charge on any atom is 0.144 e. The Hall–Kier alpha value is -3.94. The Morgan fingerprint density at radius 3 is 2.86 bits per heavy atom. The van der Waals surface area contributed by atoms with E-state index in [1.807, 2.05) is 54.2 Å². The van der Waals surface area contributed by atoms with Gasteiger partial charge in [-0.05, 0) is 30.7 Å². The van der Waals surface area contributed by atoms with Crippen molar-refractivity contribution in [3.8, 4) is 0 Å². The van der Waals surface area contributed by atoms with Crippen molar-refractivity contribution in [2.75, 3.05) is 17.7 Å². The summed E-state index contributed by atoms with van der Waals surface area (Å²) in [5, 5.41) is 12.8. The molecule has 0 aliphatic carbocycles. The lowest BCUT2D eigenvalue weighted by molar-refractivity contribution is 0.160. The van der Waals surface area contributed by atoms with Gasteiger partial charge < -0.3 is 15.9 Å². The Balaban J connectivity index is 1.58. The Morgan fingerprint density at radius 2 is 2.03 bits per heavy atom. The first-order valence-electron chi connectivity index (χ1n) is 9.27. The van der Waals surface area contributed by atoms with E-state index in [1.54, 1.807) is 0 Å². The number of nitrogens with zero attached hydrogens (tertiary/aromatic N) is 5. The highest BCUT2D eigenvalue weighted by Gasteiger charge is 2.09. The molecule has 0 saturated heterocycles. The summed E-state index contributed by atoms with van der Waals surface area (Å²) >= 11 is 0. The Labute approximate surface area is 168 Å². The molecule has 4 aromatic rings. The van der Waals surface area contributed by atoms with E-state index in [0.29, 0.717) is 23.8 Å². The van der Waals surface area contributed by atoms with E-state index in [2.05, 4.69) is 37.7 Å². The van der Waals surface area contributed by atoms with Gasteiger partial charge in [0.25, 0.3) is 0 Å². The van der Waals surface area contributed by atoms with Crippen LogP contribution in [0.5, 0.6) is 0 Å². The van der Waals surface area contributed by atoms with E-state index in [1.165, 1.54) is 18.1 Å². The molecule has 3 N–H and O–H groups in total. The first kappa shape index (κ1) is 18.4. The molecule has 4 rings (SSSR count). The van der Waals surface area contributed by atoms with Gasteiger partial charge in [-0.3, -0.25) is 4.68 Å². The van der Waals surface area contributed by atoms with Gasteiger partial charge in [-0.25, -0.2) is 9.97 Å². The SMILES string of the molecule is CCO/N=C/c1c(N)ncnc1Nc1ccc2nn(Cc3ccccc3)cc2c1. The van der Waals surface area contributed by atoms with Crippen LogP contribution in [-0.2, 0) is 11.4 Å². The van der Waals surface area contributed by atoms with Crippen LogP contribution in [0.25, 0.3) is 10.9 Å². The summed E-state index contributed by atoms with van der Waals surface area (Å²) in [6, 6.07) is 16.2. The number of hydrogen-bond donors (Lipinski definition) is 2. The van der Waals surface area contributed by atoms with Crippen LogP contribution in [0.3, 0.4) is 0 Å². The average Bonchev–Trinajstić information content (AvgIpc) is 3.12. The lowest BCUT2D eigenvalue weighted by Crippen LogP contribution is -2.05. The number of rotatable bonds is 7. The van der Waals surface area contributed by atoms with Crippen LogP contribution in [0.15, 0.2) is 66.2 Å². The van der Waals surface area contributed by atoms with E-state index in [9.17, 15) is 0 Å². The zero-order chi connectivity index (χ0) is 20.1. The van der Waals surface area contributed by atoms with Gasteiger partial charge in [0.1, 0.15) is 24.6 Å². The van der Waals surface area contributed by atoms with E-state index in [0.717, 1.165) is 23.1 Å². The van der Waals surface area contributed by atoms with Crippen LogP contribution in [0.4, 0.5) is 17.3 Å². The molecule has 0 bridgehead atoms. The van der Waals surface area contributed by atoms with Gasteiger partial charge in [-0.2, -0.15) is 5.10 Å². The summed E-state index contributed by atoms with van der Waals surface area (Å²) < 4.78 is 1.94. The minimum absolute atomic E-state index is 0.322. The predicted octanol–water partition coefficient (Wildman–Crippen LogP) is 3.57. The van der Waals surface area contributed by atoms with Crippen molar-refractivity contribution in [1.82, 2.24) is 19.7 Å². The minimum atomic E-state index is 0.322. The van der Waals surface area contributed by atoms with Crippen LogP contribution >= 0.6 is 0 Å². The molecule has 146 valence electrons. The molecule has 2 aromatic heterocycles. The molecule has 0 saturated carbocycles. The van der Waals surface area contributed by atoms with Crippen molar-refractivity contribution in [1.29, 1.82) is 0 Å². The molecule has 2 heterocycles. The van der Waals surface area contributed by atoms with Crippen molar-refractivity contribution in [3.63, 3.8) is 0 Å². The fourth-order valence-corrected chi connectivity index (χ4v) is 2.94. The van der Waals surface area contributed by atoms with Crippen molar-refractivity contribution >= 4 is 34.4 Å². The van der Waals surface area contributed by atoms with Crippen molar-refractivity contribution < 1.29 is 4.84 Å². The number of aromatic nitrogens is 4. The average molecular weight is 387 g/mol. The number of fused-ring (bicyclic) bond motifs is 1. The molecule has 8 heteroatoms. The lowest BCUT2D eigenvalue weighted by atomic mass is 10.2. The zero-order valence-corrected chi connectivity index (χ0v) is 16.0. The normalized spacial score (nSPS) is 11.2. The first-order chi connectivity index (χ1) is 14.2. The number of benzene rings is 2. The molecular formula is C21H21N7O. The zero-order valence-electron chi connectivity index (χ0n) is 16.0. The highest BCUT2D eigenvalue weighted by molar-refractivity contribution is 5.93. The second kappa shape index (κ2) is 8.39. The van der Waals surface area contributed by atoms with Gasteiger partial charge in [-0.15, -0.1) is 0 Å². The predicted molar refractivity (Wildman–Crippen MR) is 114 cm³/mol. The van der Waals surface area contributed by atoms with Crippen LogP contribution < -0.4 is 11.1 Å². The maximum atomic E-state index is 5.97. The molecule has 0 aliphatic rings. The highest BCUT2D eigenvalue weighted by atomic mass is 16.6. The fraction of sp³-hybridized carbons (Fsp3) is 0.143. The molecule has 2 aromatic carbocycles. The highest BCUT2D eigenvalue weighted by Crippen LogP contribution is 2.24. The Morgan fingerprint density at radius 1 is 1.17 bits per heavy atom. The number of nitrogen functional groups attached to an aromatic ring is 1. The van der Waals surface area contributed by atoms with Crippen molar-refractivity contribution in [2.45, 2.75) is 13.5 Å². The monoisotopic (exact) mass is 387 g/mol. The van der Waals surface area contributed by atoms with E-state index >= 15 is 0 Å². The third-order valence-electron chi connectivity index (χ3n) is 4.30. The molecular weight excluding hydrogens is 366 g/mol. The smallest absolute Gasteiger partial charge is 0.144 e. The quantitative estimate of drug-likeness (QED) is 0.371. The van der Waals surface area contributed by atoms with Crippen LogP contribution in [0, 0.1) is 0 Å².